The number of nitrogens with zero attached hydrogens (tertiary/aromatic N) is 2. The van der Waals surface area contributed by atoms with Crippen LogP contribution in [0.2, 0.25) is 5.02 Å². The molecule has 0 aliphatic carbocycles. The summed E-state index contributed by atoms with van der Waals surface area (Å²) < 4.78 is 15.7. The molecule has 0 saturated carbocycles. The SMILES string of the molecule is C#CCn1c(C(C)C)nc(-c2c(F)cccc2Cl)c1N. The molecule has 0 unspecified atom stereocenters. The lowest BCUT2D eigenvalue weighted by Crippen LogP contribution is -2.07. The van der Waals surface area contributed by atoms with Gasteiger partial charge in [-0.3, -0.25) is 0 Å². The first-order valence-electron chi connectivity index (χ1n) is 6.21. The molecule has 0 atom stereocenters. The highest BCUT2D eigenvalue weighted by atomic mass is 35.5. The number of nitrogen functional groups attached to an aromatic ring is 1. The zero-order valence-corrected chi connectivity index (χ0v) is 12.1. The first-order valence-corrected chi connectivity index (χ1v) is 6.58. The van der Waals surface area contributed by atoms with Crippen molar-refractivity contribution >= 4 is 17.4 Å². The van der Waals surface area contributed by atoms with Crippen LogP contribution in [0.3, 0.4) is 0 Å². The van der Waals surface area contributed by atoms with E-state index < -0.39 is 5.82 Å². The van der Waals surface area contributed by atoms with Gasteiger partial charge in [-0.25, -0.2) is 9.37 Å². The van der Waals surface area contributed by atoms with E-state index in [9.17, 15) is 4.39 Å². The second-order valence-electron chi connectivity index (χ2n) is 4.75. The summed E-state index contributed by atoms with van der Waals surface area (Å²) in [5.74, 6) is 3.24. The highest BCUT2D eigenvalue weighted by Gasteiger charge is 2.21. The Kier molecular flexibility index (Phi) is 4.01. The lowest BCUT2D eigenvalue weighted by Gasteiger charge is -2.08. The average molecular weight is 292 g/mol. The maximum Gasteiger partial charge on any atom is 0.134 e. The number of terminal acetylenes is 1. The van der Waals surface area contributed by atoms with Gasteiger partial charge in [0.1, 0.15) is 23.2 Å². The molecule has 0 radical (unpaired) electrons. The van der Waals surface area contributed by atoms with E-state index in [-0.39, 0.29) is 16.5 Å². The zero-order chi connectivity index (χ0) is 14.9. The highest BCUT2D eigenvalue weighted by molar-refractivity contribution is 6.33. The minimum atomic E-state index is -0.454. The summed E-state index contributed by atoms with van der Waals surface area (Å²) in [5, 5.41) is 0.275. The molecule has 0 bridgehead atoms. The maximum atomic E-state index is 14.0. The van der Waals surface area contributed by atoms with Crippen molar-refractivity contribution in [2.24, 2.45) is 0 Å². The number of nitrogens with two attached hydrogens (primary N) is 1. The molecule has 1 heterocycles. The maximum absolute atomic E-state index is 14.0. The number of imidazole rings is 1. The van der Waals surface area contributed by atoms with Crippen LogP contribution in [-0.2, 0) is 6.54 Å². The van der Waals surface area contributed by atoms with E-state index in [1.165, 1.54) is 6.07 Å². The van der Waals surface area contributed by atoms with Gasteiger partial charge in [-0.05, 0) is 12.1 Å². The van der Waals surface area contributed by atoms with Crippen LogP contribution in [0.4, 0.5) is 10.2 Å². The predicted molar refractivity (Wildman–Crippen MR) is 80.0 cm³/mol. The third-order valence-electron chi connectivity index (χ3n) is 3.00. The number of rotatable bonds is 3. The molecule has 1 aromatic heterocycles. The minimum Gasteiger partial charge on any atom is -0.383 e. The smallest absolute Gasteiger partial charge is 0.134 e. The van der Waals surface area contributed by atoms with Crippen LogP contribution in [0.5, 0.6) is 0 Å². The van der Waals surface area contributed by atoms with E-state index in [2.05, 4.69) is 10.9 Å². The van der Waals surface area contributed by atoms with Crippen molar-refractivity contribution in [2.45, 2.75) is 26.3 Å². The summed E-state index contributed by atoms with van der Waals surface area (Å²) in [5.41, 5.74) is 6.63. The molecule has 104 valence electrons. The predicted octanol–water partition coefficient (Wildman–Crippen LogP) is 3.68. The molecule has 3 nitrogen and oxygen atoms in total. The van der Waals surface area contributed by atoms with E-state index >= 15 is 0 Å². The number of halogens is 2. The van der Waals surface area contributed by atoms with Crippen molar-refractivity contribution in [3.05, 3.63) is 34.9 Å². The van der Waals surface area contributed by atoms with Crippen LogP contribution >= 0.6 is 11.6 Å². The zero-order valence-electron chi connectivity index (χ0n) is 11.3. The first-order chi connectivity index (χ1) is 9.47. The van der Waals surface area contributed by atoms with Gasteiger partial charge in [-0.2, -0.15) is 0 Å². The second kappa shape index (κ2) is 5.56. The molecule has 0 fully saturated rings. The number of aromatic nitrogens is 2. The highest BCUT2D eigenvalue weighted by Crippen LogP contribution is 2.35. The molecular weight excluding hydrogens is 277 g/mol. The Labute approximate surface area is 122 Å². The Hall–Kier alpha value is -1.99. The van der Waals surface area contributed by atoms with Gasteiger partial charge >= 0.3 is 0 Å². The van der Waals surface area contributed by atoms with Gasteiger partial charge in [0.25, 0.3) is 0 Å². The second-order valence-corrected chi connectivity index (χ2v) is 5.15. The molecule has 0 aliphatic heterocycles. The molecule has 5 heteroatoms. The molecule has 1 aromatic carbocycles. The van der Waals surface area contributed by atoms with E-state index in [4.69, 9.17) is 23.8 Å². The van der Waals surface area contributed by atoms with Crippen LogP contribution in [-0.4, -0.2) is 9.55 Å². The monoisotopic (exact) mass is 291 g/mol. The van der Waals surface area contributed by atoms with Gasteiger partial charge in [0.05, 0.1) is 17.1 Å². The Morgan fingerprint density at radius 3 is 2.75 bits per heavy atom. The van der Waals surface area contributed by atoms with Crippen LogP contribution in [0.1, 0.15) is 25.6 Å². The quantitative estimate of drug-likeness (QED) is 0.877. The van der Waals surface area contributed by atoms with Crippen LogP contribution in [0, 0.1) is 18.2 Å². The lowest BCUT2D eigenvalue weighted by atomic mass is 10.1. The summed E-state index contributed by atoms with van der Waals surface area (Å²) >= 11 is 6.07. The van der Waals surface area contributed by atoms with E-state index in [1.807, 2.05) is 13.8 Å². The summed E-state index contributed by atoms with van der Waals surface area (Å²) in [4.78, 5) is 4.44. The van der Waals surface area contributed by atoms with Crippen LogP contribution < -0.4 is 5.73 Å². The van der Waals surface area contributed by atoms with Crippen LogP contribution in [0.25, 0.3) is 11.3 Å². The Morgan fingerprint density at radius 1 is 1.50 bits per heavy atom. The average Bonchev–Trinajstić information content (AvgIpc) is 2.69. The van der Waals surface area contributed by atoms with E-state index in [1.54, 1.807) is 16.7 Å². The molecule has 2 rings (SSSR count). The first kappa shape index (κ1) is 14.4. The lowest BCUT2D eigenvalue weighted by molar-refractivity contribution is 0.631. The van der Waals surface area contributed by atoms with Crippen molar-refractivity contribution in [1.82, 2.24) is 9.55 Å². The van der Waals surface area contributed by atoms with Gasteiger partial charge < -0.3 is 10.3 Å². The minimum absolute atomic E-state index is 0.116. The summed E-state index contributed by atoms with van der Waals surface area (Å²) in [6.07, 6.45) is 5.35. The standard InChI is InChI=1S/C15H15ClFN3/c1-4-8-20-14(18)13(19-15(20)9(2)3)12-10(16)6-5-7-11(12)17/h1,5-7,9H,8,18H2,2-3H3. The normalized spacial score (nSPS) is 10.8. The van der Waals surface area contributed by atoms with Crippen molar-refractivity contribution in [1.29, 1.82) is 0 Å². The third kappa shape index (κ3) is 2.37. The van der Waals surface area contributed by atoms with E-state index in [0.717, 1.165) is 5.82 Å². The van der Waals surface area contributed by atoms with Crippen molar-refractivity contribution < 1.29 is 4.39 Å². The summed E-state index contributed by atoms with van der Waals surface area (Å²) in [6.45, 7) is 4.24. The van der Waals surface area contributed by atoms with Crippen molar-refractivity contribution in [2.75, 3.05) is 5.73 Å². The fourth-order valence-corrected chi connectivity index (χ4v) is 2.34. The molecular formula is C15H15ClFN3. The molecule has 20 heavy (non-hydrogen) atoms. The van der Waals surface area contributed by atoms with Gasteiger partial charge in [0, 0.05) is 5.92 Å². The largest absolute Gasteiger partial charge is 0.383 e. The van der Waals surface area contributed by atoms with E-state index in [0.29, 0.717) is 18.1 Å². The van der Waals surface area contributed by atoms with Gasteiger partial charge in [-0.1, -0.05) is 37.4 Å². The molecule has 0 aliphatic rings. The Morgan fingerprint density at radius 2 is 2.20 bits per heavy atom. The molecule has 2 N–H and O–H groups in total. The van der Waals surface area contributed by atoms with Gasteiger partial charge in [0.15, 0.2) is 0 Å². The molecule has 0 saturated heterocycles. The fourth-order valence-electron chi connectivity index (χ4n) is 2.09. The molecule has 2 aromatic rings. The molecule has 0 spiro atoms. The van der Waals surface area contributed by atoms with Crippen LogP contribution in [0.15, 0.2) is 18.2 Å². The fraction of sp³-hybridized carbons (Fsp3) is 0.267. The third-order valence-corrected chi connectivity index (χ3v) is 3.32. The Bertz CT molecular complexity index is 663. The number of benzene rings is 1. The number of hydrogen-bond donors (Lipinski definition) is 1. The van der Waals surface area contributed by atoms with Gasteiger partial charge in [-0.15, -0.1) is 6.42 Å². The number of anilines is 1. The van der Waals surface area contributed by atoms with Crippen molar-refractivity contribution in [3.8, 4) is 23.6 Å². The summed E-state index contributed by atoms with van der Waals surface area (Å²) in [7, 11) is 0. The summed E-state index contributed by atoms with van der Waals surface area (Å²) in [6, 6.07) is 4.48. The topological polar surface area (TPSA) is 43.8 Å². The number of hydrogen-bond acceptors (Lipinski definition) is 2. The van der Waals surface area contributed by atoms with Gasteiger partial charge in [0.2, 0.25) is 0 Å². The Balaban J connectivity index is 2.70. The molecule has 0 amide bonds. The van der Waals surface area contributed by atoms with Crippen molar-refractivity contribution in [3.63, 3.8) is 0 Å².